The second kappa shape index (κ2) is 10.1. The number of benzene rings is 1. The van der Waals surface area contributed by atoms with Crippen molar-refractivity contribution in [2.75, 3.05) is 32.8 Å². The van der Waals surface area contributed by atoms with Crippen molar-refractivity contribution in [3.05, 3.63) is 35.6 Å². The zero-order chi connectivity index (χ0) is 21.8. The molecular formula is C23H31FN2O5. The van der Waals surface area contributed by atoms with Gasteiger partial charge in [0.1, 0.15) is 11.9 Å². The van der Waals surface area contributed by atoms with Gasteiger partial charge in [0.15, 0.2) is 0 Å². The number of carbonyl (C=O) groups excluding carboxylic acids is 2. The van der Waals surface area contributed by atoms with Gasteiger partial charge in [0, 0.05) is 19.6 Å². The van der Waals surface area contributed by atoms with Gasteiger partial charge < -0.3 is 24.4 Å². The third kappa shape index (κ3) is 5.25. The van der Waals surface area contributed by atoms with Gasteiger partial charge in [-0.3, -0.25) is 9.59 Å². The number of nitrogens with zero attached hydrogens (tertiary/aromatic N) is 2. The topological polar surface area (TPSA) is 79.3 Å². The molecule has 3 aliphatic heterocycles. The highest BCUT2D eigenvalue weighted by molar-refractivity contribution is 5.94. The number of carbonyl (C=O) groups is 2. The third-order valence-electron chi connectivity index (χ3n) is 6.46. The van der Waals surface area contributed by atoms with E-state index in [9.17, 15) is 19.1 Å². The van der Waals surface area contributed by atoms with Crippen molar-refractivity contribution in [1.82, 2.24) is 9.80 Å². The SMILES string of the molecule is O=C(C[C@@H]1CC[C@@H]2[C@H](COC[C@H](O)CN2C(=O)c2ccccc2F)O1)N1CCCCC1. The van der Waals surface area contributed by atoms with Crippen molar-refractivity contribution in [2.24, 2.45) is 0 Å². The second-order valence-electron chi connectivity index (χ2n) is 8.72. The van der Waals surface area contributed by atoms with Crippen LogP contribution in [-0.4, -0.2) is 83.9 Å². The third-order valence-corrected chi connectivity index (χ3v) is 6.46. The first-order chi connectivity index (χ1) is 15.0. The highest BCUT2D eigenvalue weighted by Gasteiger charge is 2.41. The number of fused-ring (bicyclic) bond motifs is 1. The molecule has 0 unspecified atom stereocenters. The summed E-state index contributed by atoms with van der Waals surface area (Å²) in [5.41, 5.74) is -0.0164. The van der Waals surface area contributed by atoms with E-state index in [1.807, 2.05) is 4.90 Å². The van der Waals surface area contributed by atoms with Gasteiger partial charge in [-0.1, -0.05) is 12.1 Å². The highest BCUT2D eigenvalue weighted by Crippen LogP contribution is 2.29. The number of ether oxygens (including phenoxy) is 2. The predicted octanol–water partition coefficient (Wildman–Crippen LogP) is 1.98. The van der Waals surface area contributed by atoms with Crippen LogP contribution >= 0.6 is 0 Å². The molecule has 0 aliphatic carbocycles. The van der Waals surface area contributed by atoms with E-state index in [1.165, 1.54) is 23.5 Å². The maximum Gasteiger partial charge on any atom is 0.257 e. The van der Waals surface area contributed by atoms with E-state index < -0.39 is 23.9 Å². The molecule has 4 atom stereocenters. The molecule has 4 rings (SSSR count). The van der Waals surface area contributed by atoms with Gasteiger partial charge in [-0.15, -0.1) is 0 Å². The smallest absolute Gasteiger partial charge is 0.257 e. The molecule has 0 saturated carbocycles. The number of aliphatic hydroxyl groups is 1. The molecule has 3 fully saturated rings. The minimum atomic E-state index is -0.852. The lowest BCUT2D eigenvalue weighted by Gasteiger charge is -2.44. The molecule has 0 spiro atoms. The van der Waals surface area contributed by atoms with Crippen LogP contribution in [0.5, 0.6) is 0 Å². The molecule has 1 aromatic carbocycles. The monoisotopic (exact) mass is 434 g/mol. The van der Waals surface area contributed by atoms with E-state index in [-0.39, 0.29) is 43.4 Å². The van der Waals surface area contributed by atoms with Crippen molar-refractivity contribution >= 4 is 11.8 Å². The second-order valence-corrected chi connectivity index (χ2v) is 8.72. The Morgan fingerprint density at radius 2 is 1.87 bits per heavy atom. The Hall–Kier alpha value is -2.03. The molecule has 8 heteroatoms. The van der Waals surface area contributed by atoms with Crippen LogP contribution in [0, 0.1) is 5.82 Å². The first-order valence-electron chi connectivity index (χ1n) is 11.3. The minimum absolute atomic E-state index is 0.0164. The van der Waals surface area contributed by atoms with E-state index in [4.69, 9.17) is 9.47 Å². The van der Waals surface area contributed by atoms with Gasteiger partial charge in [-0.05, 0) is 44.2 Å². The van der Waals surface area contributed by atoms with Crippen LogP contribution < -0.4 is 0 Å². The zero-order valence-corrected chi connectivity index (χ0v) is 17.7. The van der Waals surface area contributed by atoms with Crippen LogP contribution in [0.15, 0.2) is 24.3 Å². The Kier molecular flexibility index (Phi) is 7.20. The fraction of sp³-hybridized carbons (Fsp3) is 0.652. The summed E-state index contributed by atoms with van der Waals surface area (Å²) in [5.74, 6) is -0.927. The Balaban J connectivity index is 1.46. The molecule has 170 valence electrons. The Morgan fingerprint density at radius 3 is 2.65 bits per heavy atom. The van der Waals surface area contributed by atoms with Crippen LogP contribution in [0.3, 0.4) is 0 Å². The van der Waals surface area contributed by atoms with Crippen molar-refractivity contribution in [3.8, 4) is 0 Å². The summed E-state index contributed by atoms with van der Waals surface area (Å²) in [5, 5.41) is 10.3. The summed E-state index contributed by atoms with van der Waals surface area (Å²) in [6, 6.07) is 5.53. The first kappa shape index (κ1) is 22.2. The summed E-state index contributed by atoms with van der Waals surface area (Å²) in [7, 11) is 0. The van der Waals surface area contributed by atoms with E-state index >= 15 is 0 Å². The number of hydrogen-bond donors (Lipinski definition) is 1. The van der Waals surface area contributed by atoms with Crippen molar-refractivity contribution < 1.29 is 28.6 Å². The molecule has 31 heavy (non-hydrogen) atoms. The van der Waals surface area contributed by atoms with Crippen LogP contribution in [0.25, 0.3) is 0 Å². The molecular weight excluding hydrogens is 403 g/mol. The molecule has 0 bridgehead atoms. The Bertz CT molecular complexity index is 785. The molecule has 7 nitrogen and oxygen atoms in total. The fourth-order valence-electron chi connectivity index (χ4n) is 4.83. The number of halogens is 1. The molecule has 3 aliphatic rings. The molecule has 3 heterocycles. The predicted molar refractivity (Wildman–Crippen MR) is 111 cm³/mol. The summed E-state index contributed by atoms with van der Waals surface area (Å²) in [4.78, 5) is 29.3. The van der Waals surface area contributed by atoms with Gasteiger partial charge in [0.2, 0.25) is 5.91 Å². The zero-order valence-electron chi connectivity index (χ0n) is 17.7. The highest BCUT2D eigenvalue weighted by atomic mass is 19.1. The molecule has 2 amide bonds. The lowest BCUT2D eigenvalue weighted by atomic mass is 9.93. The number of rotatable bonds is 3. The fourth-order valence-corrected chi connectivity index (χ4v) is 4.83. The maximum absolute atomic E-state index is 14.3. The number of amides is 2. The number of piperidine rings is 1. The van der Waals surface area contributed by atoms with Gasteiger partial charge >= 0.3 is 0 Å². The van der Waals surface area contributed by atoms with Crippen molar-refractivity contribution in [3.63, 3.8) is 0 Å². The van der Waals surface area contributed by atoms with Gasteiger partial charge in [-0.25, -0.2) is 4.39 Å². The lowest BCUT2D eigenvalue weighted by molar-refractivity contribution is -0.155. The van der Waals surface area contributed by atoms with Crippen LogP contribution in [0.1, 0.15) is 48.9 Å². The maximum atomic E-state index is 14.3. The average Bonchev–Trinajstić information content (AvgIpc) is 2.77. The standard InChI is InChI=1S/C23H31FN2O5/c24-19-7-3-2-6-18(19)23(29)26-13-16(27)14-30-15-21-20(26)9-8-17(31-21)12-22(28)25-10-4-1-5-11-25/h2-3,6-7,16-17,20-21,27H,1,4-5,8-15H2/t16-,17+,20-,21+/m1/s1. The number of hydrogen-bond acceptors (Lipinski definition) is 5. The van der Waals surface area contributed by atoms with Crippen LogP contribution in [0.2, 0.25) is 0 Å². The molecule has 0 radical (unpaired) electrons. The lowest BCUT2D eigenvalue weighted by Crippen LogP contribution is -2.57. The quantitative estimate of drug-likeness (QED) is 0.787. The Labute approximate surface area is 182 Å². The summed E-state index contributed by atoms with van der Waals surface area (Å²) < 4.78 is 26.1. The van der Waals surface area contributed by atoms with E-state index in [0.717, 1.165) is 25.9 Å². The number of likely N-dealkylation sites (tertiary alicyclic amines) is 1. The summed E-state index contributed by atoms with van der Waals surface area (Å²) >= 11 is 0. The number of β-amino-alcohol motifs (C(OH)–C–C–N with tert-alkyl or cyclic N) is 1. The van der Waals surface area contributed by atoms with Gasteiger partial charge in [-0.2, -0.15) is 0 Å². The molecule has 1 aromatic rings. The van der Waals surface area contributed by atoms with E-state index in [1.54, 1.807) is 12.1 Å². The van der Waals surface area contributed by atoms with Crippen molar-refractivity contribution in [2.45, 2.75) is 62.9 Å². The Morgan fingerprint density at radius 1 is 1.10 bits per heavy atom. The van der Waals surface area contributed by atoms with Crippen LogP contribution in [-0.2, 0) is 14.3 Å². The first-order valence-corrected chi connectivity index (χ1v) is 11.3. The van der Waals surface area contributed by atoms with E-state index in [2.05, 4.69) is 0 Å². The van der Waals surface area contributed by atoms with Crippen molar-refractivity contribution in [1.29, 1.82) is 0 Å². The van der Waals surface area contributed by atoms with Crippen LogP contribution in [0.4, 0.5) is 4.39 Å². The van der Waals surface area contributed by atoms with Gasteiger partial charge in [0.25, 0.3) is 5.91 Å². The molecule has 3 saturated heterocycles. The molecule has 0 aromatic heterocycles. The average molecular weight is 435 g/mol. The number of aliphatic hydroxyl groups excluding tert-OH is 1. The normalized spacial score (nSPS) is 29.6. The minimum Gasteiger partial charge on any atom is -0.389 e. The molecule has 1 N–H and O–H groups in total. The van der Waals surface area contributed by atoms with Gasteiger partial charge in [0.05, 0.1) is 43.4 Å². The summed E-state index contributed by atoms with van der Waals surface area (Å²) in [6.45, 7) is 1.96. The summed E-state index contributed by atoms with van der Waals surface area (Å²) in [6.07, 6.45) is 3.32. The van der Waals surface area contributed by atoms with E-state index in [0.29, 0.717) is 19.3 Å². The largest absolute Gasteiger partial charge is 0.389 e.